The normalized spacial score (nSPS) is 10.3. The first-order valence-electron chi connectivity index (χ1n) is 8.57. The number of carbonyl (C=O) groups is 3. The molecular weight excluding hydrogens is 387 g/mol. The van der Waals surface area contributed by atoms with E-state index in [9.17, 15) is 14.4 Å². The SMILES string of the molecule is CCCc1ccc(C(=O)CCC(=O)NNC(=O)c2cc(Cl)ccc2Cl)cc1. The fraction of sp³-hybridized carbons (Fsp3) is 0.250. The average molecular weight is 407 g/mol. The summed E-state index contributed by atoms with van der Waals surface area (Å²) < 4.78 is 0. The maximum atomic E-state index is 12.2. The highest BCUT2D eigenvalue weighted by molar-refractivity contribution is 6.35. The molecule has 0 heterocycles. The number of aryl methyl sites for hydroxylation is 1. The number of hydrazine groups is 1. The van der Waals surface area contributed by atoms with Gasteiger partial charge in [0.1, 0.15) is 0 Å². The van der Waals surface area contributed by atoms with Crippen molar-refractivity contribution in [3.05, 3.63) is 69.2 Å². The van der Waals surface area contributed by atoms with Crippen LogP contribution in [0.1, 0.15) is 52.5 Å². The standard InChI is InChI=1S/C20H20Cl2N2O3/c1-2-3-13-4-6-14(7-5-13)18(25)10-11-19(26)23-24-20(27)16-12-15(21)8-9-17(16)22/h4-9,12H,2-3,10-11H2,1H3,(H,23,26)(H,24,27). The summed E-state index contributed by atoms with van der Waals surface area (Å²) in [5.74, 6) is -1.19. The largest absolute Gasteiger partial charge is 0.294 e. The molecule has 2 aromatic rings. The van der Waals surface area contributed by atoms with Crippen molar-refractivity contribution in [2.75, 3.05) is 0 Å². The second-order valence-electron chi connectivity index (χ2n) is 6.00. The first-order chi connectivity index (χ1) is 12.9. The van der Waals surface area contributed by atoms with Gasteiger partial charge in [-0.05, 0) is 30.2 Å². The number of hydrogen-bond donors (Lipinski definition) is 2. The third-order valence-electron chi connectivity index (χ3n) is 3.88. The molecule has 27 heavy (non-hydrogen) atoms. The Kier molecular flexibility index (Phi) is 7.82. The third-order valence-corrected chi connectivity index (χ3v) is 4.45. The lowest BCUT2D eigenvalue weighted by molar-refractivity contribution is -0.121. The number of halogens is 2. The number of ketones is 1. The molecule has 0 fully saturated rings. The molecular formula is C20H20Cl2N2O3. The van der Waals surface area contributed by atoms with Gasteiger partial charge in [-0.3, -0.25) is 25.2 Å². The Morgan fingerprint density at radius 1 is 0.926 bits per heavy atom. The van der Waals surface area contributed by atoms with Crippen molar-refractivity contribution in [1.29, 1.82) is 0 Å². The van der Waals surface area contributed by atoms with Crippen molar-refractivity contribution in [2.45, 2.75) is 32.6 Å². The lowest BCUT2D eigenvalue weighted by Crippen LogP contribution is -2.41. The van der Waals surface area contributed by atoms with Crippen LogP contribution >= 0.6 is 23.2 Å². The second kappa shape index (κ2) is 10.1. The first-order valence-corrected chi connectivity index (χ1v) is 9.32. The molecule has 0 unspecified atom stereocenters. The maximum Gasteiger partial charge on any atom is 0.271 e. The molecule has 0 radical (unpaired) electrons. The summed E-state index contributed by atoms with van der Waals surface area (Å²) in [4.78, 5) is 36.1. The van der Waals surface area contributed by atoms with Gasteiger partial charge < -0.3 is 0 Å². The van der Waals surface area contributed by atoms with Crippen LogP contribution in [-0.2, 0) is 11.2 Å². The Morgan fingerprint density at radius 3 is 2.30 bits per heavy atom. The van der Waals surface area contributed by atoms with E-state index in [-0.39, 0.29) is 29.2 Å². The van der Waals surface area contributed by atoms with Gasteiger partial charge in [0, 0.05) is 23.4 Å². The molecule has 5 nitrogen and oxygen atoms in total. The van der Waals surface area contributed by atoms with E-state index in [1.54, 1.807) is 18.2 Å². The average Bonchev–Trinajstić information content (AvgIpc) is 2.67. The molecule has 0 saturated carbocycles. The molecule has 0 aliphatic carbocycles. The zero-order valence-electron chi connectivity index (χ0n) is 14.9. The van der Waals surface area contributed by atoms with E-state index in [1.807, 2.05) is 12.1 Å². The van der Waals surface area contributed by atoms with Crippen LogP contribution in [0.15, 0.2) is 42.5 Å². The van der Waals surface area contributed by atoms with Crippen molar-refractivity contribution in [2.24, 2.45) is 0 Å². The fourth-order valence-electron chi connectivity index (χ4n) is 2.45. The number of nitrogens with one attached hydrogen (secondary N) is 2. The molecule has 0 aromatic heterocycles. The van der Waals surface area contributed by atoms with Gasteiger partial charge >= 0.3 is 0 Å². The van der Waals surface area contributed by atoms with Crippen molar-refractivity contribution in [1.82, 2.24) is 10.9 Å². The number of carbonyl (C=O) groups excluding carboxylic acids is 3. The summed E-state index contributed by atoms with van der Waals surface area (Å²) in [7, 11) is 0. The molecule has 142 valence electrons. The van der Waals surface area contributed by atoms with E-state index < -0.39 is 11.8 Å². The van der Waals surface area contributed by atoms with Gasteiger partial charge in [-0.2, -0.15) is 0 Å². The highest BCUT2D eigenvalue weighted by Crippen LogP contribution is 2.20. The summed E-state index contributed by atoms with van der Waals surface area (Å²) in [6.45, 7) is 2.09. The molecule has 0 aliphatic heterocycles. The molecule has 0 bridgehead atoms. The van der Waals surface area contributed by atoms with E-state index in [2.05, 4.69) is 17.8 Å². The van der Waals surface area contributed by atoms with Crippen molar-refractivity contribution < 1.29 is 14.4 Å². The summed E-state index contributed by atoms with van der Waals surface area (Å²) in [5, 5.41) is 0.569. The summed E-state index contributed by atoms with van der Waals surface area (Å²) >= 11 is 11.8. The Morgan fingerprint density at radius 2 is 1.63 bits per heavy atom. The van der Waals surface area contributed by atoms with Crippen LogP contribution in [0.3, 0.4) is 0 Å². The van der Waals surface area contributed by atoms with Crippen molar-refractivity contribution in [3.63, 3.8) is 0 Å². The smallest absolute Gasteiger partial charge is 0.271 e. The minimum Gasteiger partial charge on any atom is -0.294 e. The lowest BCUT2D eigenvalue weighted by Gasteiger charge is -2.09. The van der Waals surface area contributed by atoms with Gasteiger partial charge in [0.05, 0.1) is 10.6 Å². The maximum absolute atomic E-state index is 12.2. The van der Waals surface area contributed by atoms with Crippen LogP contribution in [0.2, 0.25) is 10.0 Å². The molecule has 0 aliphatic rings. The van der Waals surface area contributed by atoms with E-state index in [4.69, 9.17) is 23.2 Å². The molecule has 2 rings (SSSR count). The number of hydrogen-bond acceptors (Lipinski definition) is 3. The Hall–Kier alpha value is -2.37. The van der Waals surface area contributed by atoms with Gasteiger partial charge in [0.25, 0.3) is 5.91 Å². The third kappa shape index (κ3) is 6.38. The highest BCUT2D eigenvalue weighted by Gasteiger charge is 2.13. The number of rotatable bonds is 7. The minimum atomic E-state index is -0.589. The lowest BCUT2D eigenvalue weighted by atomic mass is 10.0. The van der Waals surface area contributed by atoms with Gasteiger partial charge in [0.15, 0.2) is 5.78 Å². The van der Waals surface area contributed by atoms with Gasteiger partial charge in [-0.25, -0.2) is 0 Å². The number of amides is 2. The molecule has 0 atom stereocenters. The van der Waals surface area contributed by atoms with Gasteiger partial charge in [-0.15, -0.1) is 0 Å². The zero-order chi connectivity index (χ0) is 19.8. The number of Topliss-reactive ketones (excluding diaryl/α,β-unsaturated/α-hetero) is 1. The molecule has 2 N–H and O–H groups in total. The topological polar surface area (TPSA) is 75.3 Å². The number of benzene rings is 2. The monoisotopic (exact) mass is 406 g/mol. The first kappa shape index (κ1) is 20.9. The van der Waals surface area contributed by atoms with Crippen molar-refractivity contribution >= 4 is 40.8 Å². The Balaban J connectivity index is 1.81. The molecule has 0 spiro atoms. The molecule has 2 amide bonds. The summed E-state index contributed by atoms with van der Waals surface area (Å²) in [6.07, 6.45) is 2.01. The second-order valence-corrected chi connectivity index (χ2v) is 6.84. The van der Waals surface area contributed by atoms with E-state index in [0.29, 0.717) is 10.6 Å². The van der Waals surface area contributed by atoms with Gasteiger partial charge in [0.2, 0.25) is 5.91 Å². The molecule has 0 saturated heterocycles. The van der Waals surface area contributed by atoms with E-state index in [0.717, 1.165) is 12.8 Å². The predicted molar refractivity (Wildman–Crippen MR) is 106 cm³/mol. The Labute approximate surface area is 168 Å². The van der Waals surface area contributed by atoms with Crippen LogP contribution < -0.4 is 10.9 Å². The van der Waals surface area contributed by atoms with Gasteiger partial charge in [-0.1, -0.05) is 60.8 Å². The van der Waals surface area contributed by atoms with Crippen LogP contribution in [0.4, 0.5) is 0 Å². The Bertz CT molecular complexity index is 836. The van der Waals surface area contributed by atoms with E-state index >= 15 is 0 Å². The van der Waals surface area contributed by atoms with E-state index in [1.165, 1.54) is 17.7 Å². The van der Waals surface area contributed by atoms with Crippen LogP contribution in [0.25, 0.3) is 0 Å². The van der Waals surface area contributed by atoms with Crippen LogP contribution in [0, 0.1) is 0 Å². The zero-order valence-corrected chi connectivity index (χ0v) is 16.4. The fourth-order valence-corrected chi connectivity index (χ4v) is 2.82. The van der Waals surface area contributed by atoms with Crippen molar-refractivity contribution in [3.8, 4) is 0 Å². The molecule has 7 heteroatoms. The summed E-state index contributed by atoms with van der Waals surface area (Å²) in [6, 6.07) is 11.8. The molecule has 2 aromatic carbocycles. The quantitative estimate of drug-likeness (QED) is 0.529. The summed E-state index contributed by atoms with van der Waals surface area (Å²) in [5.41, 5.74) is 6.42. The predicted octanol–water partition coefficient (Wildman–Crippen LogP) is 4.37. The minimum absolute atomic E-state index is 0.0426. The highest BCUT2D eigenvalue weighted by atomic mass is 35.5. The van der Waals surface area contributed by atoms with Crippen LogP contribution in [0.5, 0.6) is 0 Å². The van der Waals surface area contributed by atoms with Crippen LogP contribution in [-0.4, -0.2) is 17.6 Å².